The lowest BCUT2D eigenvalue weighted by molar-refractivity contribution is 0.0798. The molecule has 3 amide bonds. The quantitative estimate of drug-likeness (QED) is 0.284. The standard InChI is InChI=1S/C21H22IN3O3/c1-3-25(13-22)20(26)15-8-10-17(11-9-15)24-21(27)23-14(2)19-12-16-6-4-5-7-18(16)28-19/h4-12,14H,3,13H2,1-2H3,(H2,23,24,27). The van der Waals surface area contributed by atoms with Crippen molar-refractivity contribution in [1.82, 2.24) is 10.2 Å². The van der Waals surface area contributed by atoms with Crippen molar-refractivity contribution in [1.29, 1.82) is 0 Å². The SMILES string of the molecule is CCN(CI)C(=O)c1ccc(NC(=O)NC(C)c2cc3ccccc3o2)cc1. The molecule has 1 unspecified atom stereocenters. The molecule has 28 heavy (non-hydrogen) atoms. The number of hydrogen-bond acceptors (Lipinski definition) is 3. The van der Waals surface area contributed by atoms with Gasteiger partial charge in [-0.2, -0.15) is 0 Å². The number of amides is 3. The first kappa shape index (κ1) is 20.2. The zero-order valence-electron chi connectivity index (χ0n) is 15.7. The van der Waals surface area contributed by atoms with Crippen LogP contribution < -0.4 is 10.6 Å². The van der Waals surface area contributed by atoms with Crippen molar-refractivity contribution in [3.63, 3.8) is 0 Å². The molecule has 2 N–H and O–H groups in total. The lowest BCUT2D eigenvalue weighted by atomic mass is 10.2. The van der Waals surface area contributed by atoms with E-state index in [1.807, 2.05) is 44.2 Å². The summed E-state index contributed by atoms with van der Waals surface area (Å²) >= 11 is 2.17. The van der Waals surface area contributed by atoms with Crippen molar-refractivity contribution in [3.8, 4) is 0 Å². The minimum absolute atomic E-state index is 0.0218. The Bertz CT molecular complexity index is 931. The highest BCUT2D eigenvalue weighted by atomic mass is 127. The molecule has 0 spiro atoms. The van der Waals surface area contributed by atoms with E-state index < -0.39 is 0 Å². The third-order valence-electron chi connectivity index (χ3n) is 4.42. The number of anilines is 1. The van der Waals surface area contributed by atoms with Gasteiger partial charge in [0.2, 0.25) is 0 Å². The maximum Gasteiger partial charge on any atom is 0.319 e. The van der Waals surface area contributed by atoms with Gasteiger partial charge in [-0.3, -0.25) is 4.79 Å². The Labute approximate surface area is 177 Å². The number of carbonyl (C=O) groups excluding carboxylic acids is 2. The lowest BCUT2D eigenvalue weighted by Crippen LogP contribution is -2.31. The molecule has 1 aromatic heterocycles. The van der Waals surface area contributed by atoms with Crippen LogP contribution in [0.2, 0.25) is 0 Å². The van der Waals surface area contributed by atoms with E-state index in [-0.39, 0.29) is 18.0 Å². The minimum Gasteiger partial charge on any atom is -0.459 e. The second kappa shape index (κ2) is 9.09. The first-order valence-electron chi connectivity index (χ1n) is 9.03. The molecule has 1 atom stereocenters. The normalized spacial score (nSPS) is 11.8. The fraction of sp³-hybridized carbons (Fsp3) is 0.238. The number of nitrogens with one attached hydrogen (secondary N) is 2. The fourth-order valence-corrected chi connectivity index (χ4v) is 3.60. The van der Waals surface area contributed by atoms with Gasteiger partial charge in [0, 0.05) is 23.2 Å². The smallest absolute Gasteiger partial charge is 0.319 e. The molecule has 1 heterocycles. The monoisotopic (exact) mass is 491 g/mol. The number of furan rings is 1. The summed E-state index contributed by atoms with van der Waals surface area (Å²) in [5.41, 5.74) is 2.00. The van der Waals surface area contributed by atoms with Crippen molar-refractivity contribution in [3.05, 3.63) is 65.9 Å². The predicted molar refractivity (Wildman–Crippen MR) is 119 cm³/mol. The highest BCUT2D eigenvalue weighted by Crippen LogP contribution is 2.23. The second-order valence-corrected chi connectivity index (χ2v) is 7.05. The van der Waals surface area contributed by atoms with E-state index >= 15 is 0 Å². The molecular weight excluding hydrogens is 469 g/mol. The summed E-state index contributed by atoms with van der Waals surface area (Å²) in [5.74, 6) is 0.669. The summed E-state index contributed by atoms with van der Waals surface area (Å²) in [7, 11) is 0. The van der Waals surface area contributed by atoms with E-state index in [4.69, 9.17) is 4.42 Å². The summed E-state index contributed by atoms with van der Waals surface area (Å²) in [5, 5.41) is 6.64. The number of carbonyl (C=O) groups is 2. The Morgan fingerprint density at radius 1 is 1.14 bits per heavy atom. The summed E-state index contributed by atoms with van der Waals surface area (Å²) in [6.45, 7) is 4.46. The van der Waals surface area contributed by atoms with E-state index in [0.717, 1.165) is 11.0 Å². The summed E-state index contributed by atoms with van der Waals surface area (Å²) in [4.78, 5) is 26.4. The van der Waals surface area contributed by atoms with E-state index in [0.29, 0.717) is 28.1 Å². The van der Waals surface area contributed by atoms with Gasteiger partial charge in [0.25, 0.3) is 5.91 Å². The van der Waals surface area contributed by atoms with Crippen molar-refractivity contribution in [2.24, 2.45) is 0 Å². The number of halogens is 1. The number of alkyl halides is 1. The van der Waals surface area contributed by atoms with Gasteiger partial charge in [0.05, 0.1) is 10.6 Å². The van der Waals surface area contributed by atoms with E-state index in [1.54, 1.807) is 29.2 Å². The van der Waals surface area contributed by atoms with Crippen LogP contribution in [0.15, 0.2) is 59.0 Å². The molecule has 0 saturated heterocycles. The molecule has 3 aromatic rings. The van der Waals surface area contributed by atoms with Crippen LogP contribution in [-0.4, -0.2) is 27.9 Å². The molecule has 0 radical (unpaired) electrons. The molecular formula is C21H22IN3O3. The molecule has 0 fully saturated rings. The zero-order chi connectivity index (χ0) is 20.1. The Morgan fingerprint density at radius 3 is 2.50 bits per heavy atom. The van der Waals surface area contributed by atoms with E-state index in [1.165, 1.54) is 0 Å². The number of para-hydroxylation sites is 1. The zero-order valence-corrected chi connectivity index (χ0v) is 17.9. The number of rotatable bonds is 6. The molecule has 0 bridgehead atoms. The Morgan fingerprint density at radius 2 is 1.86 bits per heavy atom. The number of nitrogens with zero attached hydrogens (tertiary/aromatic N) is 1. The summed E-state index contributed by atoms with van der Waals surface area (Å²) in [6, 6.07) is 15.9. The van der Waals surface area contributed by atoms with Crippen molar-refractivity contribution in [2.75, 3.05) is 16.4 Å². The van der Waals surface area contributed by atoms with Gasteiger partial charge >= 0.3 is 6.03 Å². The number of fused-ring (bicyclic) bond motifs is 1. The molecule has 2 aromatic carbocycles. The van der Waals surface area contributed by atoms with Crippen LogP contribution in [-0.2, 0) is 0 Å². The van der Waals surface area contributed by atoms with Crippen LogP contribution in [0.4, 0.5) is 10.5 Å². The largest absolute Gasteiger partial charge is 0.459 e. The van der Waals surface area contributed by atoms with Gasteiger partial charge in [0.15, 0.2) is 0 Å². The highest BCUT2D eigenvalue weighted by molar-refractivity contribution is 14.1. The van der Waals surface area contributed by atoms with E-state index in [2.05, 4.69) is 33.2 Å². The third-order valence-corrected chi connectivity index (χ3v) is 5.25. The second-order valence-electron chi connectivity index (χ2n) is 6.36. The average molecular weight is 491 g/mol. The highest BCUT2D eigenvalue weighted by Gasteiger charge is 2.15. The molecule has 0 aliphatic rings. The van der Waals surface area contributed by atoms with E-state index in [9.17, 15) is 9.59 Å². The van der Waals surface area contributed by atoms with Gasteiger partial charge < -0.3 is 20.0 Å². The van der Waals surface area contributed by atoms with Crippen molar-refractivity contribution in [2.45, 2.75) is 19.9 Å². The van der Waals surface area contributed by atoms with Gasteiger partial charge in [-0.05, 0) is 50.2 Å². The average Bonchev–Trinajstić information content (AvgIpc) is 3.14. The Kier molecular flexibility index (Phi) is 6.56. The Balaban J connectivity index is 1.60. The maximum absolute atomic E-state index is 12.3. The predicted octanol–water partition coefficient (Wildman–Crippen LogP) is 5.17. The summed E-state index contributed by atoms with van der Waals surface area (Å²) in [6.07, 6.45) is 0. The molecule has 146 valence electrons. The van der Waals surface area contributed by atoms with Crippen LogP contribution in [0, 0.1) is 0 Å². The first-order valence-corrected chi connectivity index (χ1v) is 10.6. The number of urea groups is 1. The molecule has 0 aliphatic heterocycles. The number of benzene rings is 2. The molecule has 0 aliphatic carbocycles. The Hall–Kier alpha value is -2.55. The van der Waals surface area contributed by atoms with Crippen molar-refractivity contribution >= 4 is 51.2 Å². The molecule has 7 heteroatoms. The molecule has 6 nitrogen and oxygen atoms in total. The minimum atomic E-state index is -0.338. The van der Waals surface area contributed by atoms with Crippen LogP contribution in [0.3, 0.4) is 0 Å². The molecule has 3 rings (SSSR count). The first-order chi connectivity index (χ1) is 13.5. The lowest BCUT2D eigenvalue weighted by Gasteiger charge is -2.18. The van der Waals surface area contributed by atoms with Gasteiger partial charge in [-0.15, -0.1) is 0 Å². The number of hydrogen-bond donors (Lipinski definition) is 2. The maximum atomic E-state index is 12.3. The summed E-state index contributed by atoms with van der Waals surface area (Å²) < 4.78 is 6.42. The van der Waals surface area contributed by atoms with Crippen LogP contribution in [0.1, 0.15) is 36.0 Å². The van der Waals surface area contributed by atoms with Gasteiger partial charge in [0.1, 0.15) is 11.3 Å². The van der Waals surface area contributed by atoms with Crippen LogP contribution >= 0.6 is 22.6 Å². The third kappa shape index (κ3) is 4.64. The van der Waals surface area contributed by atoms with Crippen LogP contribution in [0.25, 0.3) is 11.0 Å². The molecule has 0 saturated carbocycles. The van der Waals surface area contributed by atoms with Crippen molar-refractivity contribution < 1.29 is 14.0 Å². The van der Waals surface area contributed by atoms with Crippen LogP contribution in [0.5, 0.6) is 0 Å². The fourth-order valence-electron chi connectivity index (χ4n) is 2.81. The topological polar surface area (TPSA) is 74.6 Å². The van der Waals surface area contributed by atoms with Gasteiger partial charge in [-0.25, -0.2) is 4.79 Å². The van der Waals surface area contributed by atoms with Gasteiger partial charge in [-0.1, -0.05) is 40.8 Å².